The Balaban J connectivity index is 2.09. The second-order valence-electron chi connectivity index (χ2n) is 3.93. The molecule has 2 amide bonds. The number of imide groups is 1. The van der Waals surface area contributed by atoms with Crippen molar-refractivity contribution in [3.8, 4) is 5.75 Å². The topological polar surface area (TPSA) is 58.6 Å². The van der Waals surface area contributed by atoms with Gasteiger partial charge in [-0.05, 0) is 6.07 Å². The zero-order chi connectivity index (χ0) is 12.3. The molecule has 5 nitrogen and oxygen atoms in total. The largest absolute Gasteiger partial charge is 0.496 e. The van der Waals surface area contributed by atoms with Crippen LogP contribution in [0, 0.1) is 0 Å². The molecule has 1 aromatic rings. The first kappa shape index (κ1) is 11.6. The first-order chi connectivity index (χ1) is 8.19. The molecule has 17 heavy (non-hydrogen) atoms. The molecule has 0 aliphatic carbocycles. The van der Waals surface area contributed by atoms with Crippen LogP contribution in [0.15, 0.2) is 24.3 Å². The average Bonchev–Trinajstić information content (AvgIpc) is 2.28. The molecule has 1 aliphatic rings. The van der Waals surface area contributed by atoms with E-state index in [0.717, 1.165) is 11.3 Å². The SMILES string of the molecule is COc1ccccc1CN1CC(=O)NC(=O)C1. The first-order valence-corrected chi connectivity index (χ1v) is 5.36. The summed E-state index contributed by atoms with van der Waals surface area (Å²) in [5, 5.41) is 2.27. The molecule has 0 saturated carbocycles. The monoisotopic (exact) mass is 234 g/mol. The van der Waals surface area contributed by atoms with E-state index in [-0.39, 0.29) is 24.9 Å². The summed E-state index contributed by atoms with van der Waals surface area (Å²) < 4.78 is 5.23. The minimum Gasteiger partial charge on any atom is -0.496 e. The maximum Gasteiger partial charge on any atom is 0.240 e. The quantitative estimate of drug-likeness (QED) is 0.756. The van der Waals surface area contributed by atoms with E-state index in [1.807, 2.05) is 24.3 Å². The number of nitrogens with zero attached hydrogens (tertiary/aromatic N) is 1. The fourth-order valence-corrected chi connectivity index (χ4v) is 1.88. The third-order valence-electron chi connectivity index (χ3n) is 2.60. The van der Waals surface area contributed by atoms with Gasteiger partial charge >= 0.3 is 0 Å². The number of methoxy groups -OCH3 is 1. The van der Waals surface area contributed by atoms with E-state index in [1.165, 1.54) is 0 Å². The third-order valence-corrected chi connectivity index (χ3v) is 2.60. The van der Waals surface area contributed by atoms with Gasteiger partial charge in [-0.15, -0.1) is 0 Å². The van der Waals surface area contributed by atoms with Gasteiger partial charge in [-0.25, -0.2) is 0 Å². The zero-order valence-corrected chi connectivity index (χ0v) is 9.60. The number of rotatable bonds is 3. The van der Waals surface area contributed by atoms with Gasteiger partial charge in [0.2, 0.25) is 11.8 Å². The minimum absolute atomic E-state index is 0.240. The average molecular weight is 234 g/mol. The number of hydrogen-bond acceptors (Lipinski definition) is 4. The summed E-state index contributed by atoms with van der Waals surface area (Å²) in [7, 11) is 1.60. The molecular formula is C12H14N2O3. The Morgan fingerprint density at radius 1 is 1.24 bits per heavy atom. The molecule has 0 unspecified atom stereocenters. The van der Waals surface area contributed by atoms with Gasteiger partial charge in [0.05, 0.1) is 20.2 Å². The fraction of sp³-hybridized carbons (Fsp3) is 0.333. The zero-order valence-electron chi connectivity index (χ0n) is 9.60. The van der Waals surface area contributed by atoms with Gasteiger partial charge < -0.3 is 4.74 Å². The molecule has 0 spiro atoms. The molecule has 1 N–H and O–H groups in total. The number of carbonyl (C=O) groups excluding carboxylic acids is 2. The Morgan fingerprint density at radius 2 is 1.88 bits per heavy atom. The number of ether oxygens (including phenoxy) is 1. The Kier molecular flexibility index (Phi) is 3.39. The highest BCUT2D eigenvalue weighted by molar-refractivity contribution is 5.99. The Hall–Kier alpha value is -1.88. The molecule has 1 aromatic carbocycles. The molecule has 0 atom stereocenters. The molecule has 90 valence electrons. The summed E-state index contributed by atoms with van der Waals surface area (Å²) >= 11 is 0. The van der Waals surface area contributed by atoms with Crippen molar-refractivity contribution in [1.82, 2.24) is 10.2 Å². The number of amides is 2. The van der Waals surface area contributed by atoms with Crippen LogP contribution in [0.2, 0.25) is 0 Å². The molecular weight excluding hydrogens is 220 g/mol. The van der Waals surface area contributed by atoms with Crippen LogP contribution < -0.4 is 10.1 Å². The smallest absolute Gasteiger partial charge is 0.240 e. The van der Waals surface area contributed by atoms with Crippen molar-refractivity contribution < 1.29 is 14.3 Å². The van der Waals surface area contributed by atoms with Crippen LogP contribution in [-0.4, -0.2) is 36.9 Å². The van der Waals surface area contributed by atoms with Crippen LogP contribution in [0.4, 0.5) is 0 Å². The molecule has 1 saturated heterocycles. The van der Waals surface area contributed by atoms with Crippen LogP contribution in [0.3, 0.4) is 0 Å². The second kappa shape index (κ2) is 4.97. The second-order valence-corrected chi connectivity index (χ2v) is 3.93. The molecule has 0 bridgehead atoms. The van der Waals surface area contributed by atoms with E-state index in [4.69, 9.17) is 4.74 Å². The van der Waals surface area contributed by atoms with Crippen molar-refractivity contribution in [3.05, 3.63) is 29.8 Å². The van der Waals surface area contributed by atoms with E-state index < -0.39 is 0 Å². The van der Waals surface area contributed by atoms with Crippen LogP contribution in [0.25, 0.3) is 0 Å². The molecule has 2 rings (SSSR count). The highest BCUT2D eigenvalue weighted by Gasteiger charge is 2.22. The molecule has 1 heterocycles. The number of carbonyl (C=O) groups is 2. The van der Waals surface area contributed by atoms with E-state index in [0.29, 0.717) is 6.54 Å². The molecule has 5 heteroatoms. The van der Waals surface area contributed by atoms with Gasteiger partial charge in [0.25, 0.3) is 0 Å². The van der Waals surface area contributed by atoms with Crippen molar-refractivity contribution in [2.24, 2.45) is 0 Å². The first-order valence-electron chi connectivity index (χ1n) is 5.36. The van der Waals surface area contributed by atoms with Gasteiger partial charge in [0.1, 0.15) is 5.75 Å². The summed E-state index contributed by atoms with van der Waals surface area (Å²) in [4.78, 5) is 24.2. The molecule has 1 aliphatic heterocycles. The summed E-state index contributed by atoms with van der Waals surface area (Å²) in [6.07, 6.45) is 0. The van der Waals surface area contributed by atoms with Crippen LogP contribution in [0.1, 0.15) is 5.56 Å². The Morgan fingerprint density at radius 3 is 2.53 bits per heavy atom. The lowest BCUT2D eigenvalue weighted by Crippen LogP contribution is -2.50. The molecule has 1 fully saturated rings. The standard InChI is InChI=1S/C12H14N2O3/c1-17-10-5-3-2-4-9(10)6-14-7-11(15)13-12(16)8-14/h2-5H,6-8H2,1H3,(H,13,15,16). The molecule has 0 aromatic heterocycles. The van der Waals surface area contributed by atoms with Crippen LogP contribution in [-0.2, 0) is 16.1 Å². The van der Waals surface area contributed by atoms with Crippen molar-refractivity contribution >= 4 is 11.8 Å². The normalized spacial score (nSPS) is 16.8. The lowest BCUT2D eigenvalue weighted by Gasteiger charge is -2.25. The predicted octanol–water partition coefficient (Wildman–Crippen LogP) is 0.154. The Bertz CT molecular complexity index is 429. The maximum atomic E-state index is 11.2. The maximum absolute atomic E-state index is 11.2. The van der Waals surface area contributed by atoms with Crippen molar-refractivity contribution in [2.45, 2.75) is 6.54 Å². The third kappa shape index (κ3) is 2.82. The fourth-order valence-electron chi connectivity index (χ4n) is 1.88. The lowest BCUT2D eigenvalue weighted by atomic mass is 10.1. The van der Waals surface area contributed by atoms with E-state index in [9.17, 15) is 9.59 Å². The van der Waals surface area contributed by atoms with Gasteiger partial charge in [-0.2, -0.15) is 0 Å². The van der Waals surface area contributed by atoms with Gasteiger partial charge in [0.15, 0.2) is 0 Å². The van der Waals surface area contributed by atoms with Crippen molar-refractivity contribution in [3.63, 3.8) is 0 Å². The highest BCUT2D eigenvalue weighted by atomic mass is 16.5. The van der Waals surface area contributed by atoms with Crippen LogP contribution >= 0.6 is 0 Å². The number of nitrogens with one attached hydrogen (secondary N) is 1. The summed E-state index contributed by atoms with van der Waals surface area (Å²) in [5.74, 6) is 0.262. The van der Waals surface area contributed by atoms with Crippen LogP contribution in [0.5, 0.6) is 5.75 Å². The van der Waals surface area contributed by atoms with Gasteiger partial charge in [-0.3, -0.25) is 19.8 Å². The van der Waals surface area contributed by atoms with Crippen molar-refractivity contribution in [1.29, 1.82) is 0 Å². The number of piperazine rings is 1. The Labute approximate surface area is 99.4 Å². The summed E-state index contributed by atoms with van der Waals surface area (Å²) in [6, 6.07) is 7.58. The van der Waals surface area contributed by atoms with Gasteiger partial charge in [-0.1, -0.05) is 18.2 Å². The lowest BCUT2D eigenvalue weighted by molar-refractivity contribution is -0.136. The number of benzene rings is 1. The van der Waals surface area contributed by atoms with E-state index in [2.05, 4.69) is 5.32 Å². The molecule has 0 radical (unpaired) electrons. The summed E-state index contributed by atoms with van der Waals surface area (Å²) in [5.41, 5.74) is 0.970. The number of para-hydroxylation sites is 1. The predicted molar refractivity (Wildman–Crippen MR) is 61.4 cm³/mol. The van der Waals surface area contributed by atoms with Crippen molar-refractivity contribution in [2.75, 3.05) is 20.2 Å². The number of hydrogen-bond donors (Lipinski definition) is 1. The van der Waals surface area contributed by atoms with E-state index >= 15 is 0 Å². The summed E-state index contributed by atoms with van der Waals surface area (Å²) in [6.45, 7) is 1.01. The van der Waals surface area contributed by atoms with Gasteiger partial charge in [0, 0.05) is 12.1 Å². The highest BCUT2D eigenvalue weighted by Crippen LogP contribution is 2.19. The van der Waals surface area contributed by atoms with E-state index in [1.54, 1.807) is 12.0 Å². The minimum atomic E-state index is -0.254.